The first-order valence-electron chi connectivity index (χ1n) is 7.12. The van der Waals surface area contributed by atoms with Gasteiger partial charge >= 0.3 is 0 Å². The SMILES string of the molecule is C/C1=C/CC2C(CC3CC32)C(=O)C2CC=CC12. The molecule has 4 aliphatic carbocycles. The van der Waals surface area contributed by atoms with E-state index in [0.717, 1.165) is 18.3 Å². The lowest BCUT2D eigenvalue weighted by molar-refractivity contribution is -0.129. The molecule has 4 rings (SSSR count). The van der Waals surface area contributed by atoms with Crippen LogP contribution in [-0.2, 0) is 4.79 Å². The molecule has 90 valence electrons. The third-order valence-electron chi connectivity index (χ3n) is 5.74. The van der Waals surface area contributed by atoms with E-state index in [9.17, 15) is 4.79 Å². The molecule has 0 bridgehead atoms. The maximum Gasteiger partial charge on any atom is 0.140 e. The number of allylic oxidation sites excluding steroid dienone is 4. The van der Waals surface area contributed by atoms with Crippen LogP contribution in [-0.4, -0.2) is 5.78 Å². The van der Waals surface area contributed by atoms with Gasteiger partial charge in [-0.1, -0.05) is 23.8 Å². The summed E-state index contributed by atoms with van der Waals surface area (Å²) in [6.45, 7) is 2.22. The summed E-state index contributed by atoms with van der Waals surface area (Å²) < 4.78 is 0. The molecule has 0 aromatic heterocycles. The van der Waals surface area contributed by atoms with E-state index in [1.165, 1.54) is 24.8 Å². The van der Waals surface area contributed by atoms with Crippen LogP contribution in [0.5, 0.6) is 0 Å². The molecule has 0 heterocycles. The third kappa shape index (κ3) is 1.34. The molecule has 4 aliphatic rings. The fourth-order valence-corrected chi connectivity index (χ4v) is 4.68. The van der Waals surface area contributed by atoms with Crippen molar-refractivity contribution in [3.8, 4) is 0 Å². The van der Waals surface area contributed by atoms with E-state index in [1.807, 2.05) is 0 Å². The Balaban J connectivity index is 1.71. The molecule has 0 aliphatic heterocycles. The van der Waals surface area contributed by atoms with E-state index in [4.69, 9.17) is 0 Å². The standard InChI is InChI=1S/C16H20O/c1-9-5-6-12-14-7-10(14)8-15(12)16(17)13-4-2-3-11(9)13/h2-3,5,10-15H,4,6-8H2,1H3/b9-5-. The van der Waals surface area contributed by atoms with Gasteiger partial charge in [0, 0.05) is 17.8 Å². The van der Waals surface area contributed by atoms with Crippen molar-refractivity contribution in [1.29, 1.82) is 0 Å². The number of carbonyl (C=O) groups excluding carboxylic acids is 1. The lowest BCUT2D eigenvalue weighted by atomic mass is 9.73. The summed E-state index contributed by atoms with van der Waals surface area (Å²) in [4.78, 5) is 12.7. The van der Waals surface area contributed by atoms with Gasteiger partial charge in [-0.3, -0.25) is 4.79 Å². The summed E-state index contributed by atoms with van der Waals surface area (Å²) >= 11 is 0. The van der Waals surface area contributed by atoms with E-state index in [2.05, 4.69) is 25.2 Å². The maximum atomic E-state index is 12.7. The van der Waals surface area contributed by atoms with Gasteiger partial charge < -0.3 is 0 Å². The minimum absolute atomic E-state index is 0.288. The molecular formula is C16H20O. The van der Waals surface area contributed by atoms with Gasteiger partial charge in [0.25, 0.3) is 0 Å². The summed E-state index contributed by atoms with van der Waals surface area (Å²) in [6, 6.07) is 0. The van der Waals surface area contributed by atoms with Crippen LogP contribution in [0.1, 0.15) is 32.6 Å². The Hall–Kier alpha value is -0.850. The summed E-state index contributed by atoms with van der Waals surface area (Å²) in [5, 5.41) is 0. The molecule has 1 heteroatoms. The van der Waals surface area contributed by atoms with Gasteiger partial charge in [-0.05, 0) is 50.4 Å². The van der Waals surface area contributed by atoms with Crippen molar-refractivity contribution >= 4 is 5.78 Å². The van der Waals surface area contributed by atoms with Crippen LogP contribution in [0.2, 0.25) is 0 Å². The average molecular weight is 228 g/mol. The zero-order valence-electron chi connectivity index (χ0n) is 10.4. The van der Waals surface area contributed by atoms with Gasteiger partial charge in [0.05, 0.1) is 0 Å². The molecule has 2 saturated carbocycles. The molecule has 0 spiro atoms. The zero-order chi connectivity index (χ0) is 11.6. The highest BCUT2D eigenvalue weighted by Crippen LogP contribution is 2.61. The molecule has 0 aromatic carbocycles. The highest BCUT2D eigenvalue weighted by molar-refractivity contribution is 5.86. The topological polar surface area (TPSA) is 17.1 Å². The first kappa shape index (κ1) is 10.1. The lowest BCUT2D eigenvalue weighted by Gasteiger charge is -2.30. The van der Waals surface area contributed by atoms with Gasteiger partial charge in [0.15, 0.2) is 0 Å². The molecule has 0 amide bonds. The number of carbonyl (C=O) groups is 1. The van der Waals surface area contributed by atoms with Gasteiger partial charge in [0.2, 0.25) is 0 Å². The van der Waals surface area contributed by atoms with Crippen LogP contribution in [0.3, 0.4) is 0 Å². The van der Waals surface area contributed by atoms with Gasteiger partial charge in [-0.15, -0.1) is 0 Å². The van der Waals surface area contributed by atoms with Crippen LogP contribution in [0, 0.1) is 35.5 Å². The van der Waals surface area contributed by atoms with Crippen molar-refractivity contribution in [3.63, 3.8) is 0 Å². The first-order chi connectivity index (χ1) is 8.25. The van der Waals surface area contributed by atoms with Crippen LogP contribution in [0.4, 0.5) is 0 Å². The second-order valence-electron chi connectivity index (χ2n) is 6.55. The van der Waals surface area contributed by atoms with Crippen molar-refractivity contribution in [2.75, 3.05) is 0 Å². The van der Waals surface area contributed by atoms with Crippen LogP contribution >= 0.6 is 0 Å². The van der Waals surface area contributed by atoms with Gasteiger partial charge in [-0.2, -0.15) is 0 Å². The molecular weight excluding hydrogens is 208 g/mol. The third-order valence-corrected chi connectivity index (χ3v) is 5.74. The van der Waals surface area contributed by atoms with E-state index >= 15 is 0 Å². The zero-order valence-corrected chi connectivity index (χ0v) is 10.4. The summed E-state index contributed by atoms with van der Waals surface area (Å²) in [5.74, 6) is 4.24. The number of rotatable bonds is 0. The molecule has 0 radical (unpaired) electrons. The number of ketones is 1. The van der Waals surface area contributed by atoms with E-state index in [0.29, 0.717) is 23.5 Å². The Labute approximate surface area is 103 Å². The predicted molar refractivity (Wildman–Crippen MR) is 67.3 cm³/mol. The molecule has 6 atom stereocenters. The maximum absolute atomic E-state index is 12.7. The summed E-state index contributed by atoms with van der Waals surface area (Å²) in [5.41, 5.74) is 1.44. The van der Waals surface area contributed by atoms with Crippen LogP contribution < -0.4 is 0 Å². The van der Waals surface area contributed by atoms with Crippen molar-refractivity contribution < 1.29 is 4.79 Å². The lowest BCUT2D eigenvalue weighted by Crippen LogP contribution is -2.32. The van der Waals surface area contributed by atoms with Crippen LogP contribution in [0.15, 0.2) is 23.8 Å². The Morgan fingerprint density at radius 3 is 2.88 bits per heavy atom. The van der Waals surface area contributed by atoms with Gasteiger partial charge in [-0.25, -0.2) is 0 Å². The Morgan fingerprint density at radius 1 is 1.12 bits per heavy atom. The Kier molecular flexibility index (Phi) is 1.98. The molecule has 1 nitrogen and oxygen atoms in total. The minimum atomic E-state index is 0.288. The number of hydrogen-bond donors (Lipinski definition) is 0. The van der Waals surface area contributed by atoms with Gasteiger partial charge in [0.1, 0.15) is 5.78 Å². The normalized spacial score (nSPS) is 54.2. The molecule has 0 aromatic rings. The van der Waals surface area contributed by atoms with E-state index < -0.39 is 0 Å². The second kappa shape index (κ2) is 3.34. The quantitative estimate of drug-likeness (QED) is 0.581. The molecule has 0 saturated heterocycles. The smallest absolute Gasteiger partial charge is 0.140 e. The molecule has 2 fully saturated rings. The number of hydrogen-bond acceptors (Lipinski definition) is 1. The summed E-state index contributed by atoms with van der Waals surface area (Å²) in [7, 11) is 0. The van der Waals surface area contributed by atoms with Crippen molar-refractivity contribution in [1.82, 2.24) is 0 Å². The van der Waals surface area contributed by atoms with Crippen molar-refractivity contribution in [2.24, 2.45) is 35.5 Å². The fraction of sp³-hybridized carbons (Fsp3) is 0.688. The highest BCUT2D eigenvalue weighted by atomic mass is 16.1. The highest BCUT2D eigenvalue weighted by Gasteiger charge is 2.56. The first-order valence-corrected chi connectivity index (χ1v) is 7.12. The predicted octanol–water partition coefficient (Wildman–Crippen LogP) is 3.37. The number of fused-ring (bicyclic) bond motifs is 4. The van der Waals surface area contributed by atoms with E-state index in [-0.39, 0.29) is 5.92 Å². The largest absolute Gasteiger partial charge is 0.299 e. The fourth-order valence-electron chi connectivity index (χ4n) is 4.68. The average Bonchev–Trinajstić information content (AvgIpc) is 2.79. The second-order valence-corrected chi connectivity index (χ2v) is 6.55. The number of Topliss-reactive ketones (excluding diaryl/α,β-unsaturated/α-hetero) is 1. The molecule has 17 heavy (non-hydrogen) atoms. The van der Waals surface area contributed by atoms with Crippen LogP contribution in [0.25, 0.3) is 0 Å². The van der Waals surface area contributed by atoms with Crippen molar-refractivity contribution in [2.45, 2.75) is 32.6 Å². The minimum Gasteiger partial charge on any atom is -0.299 e. The van der Waals surface area contributed by atoms with E-state index in [1.54, 1.807) is 0 Å². The summed E-state index contributed by atoms with van der Waals surface area (Å²) in [6.07, 6.45) is 11.7. The monoisotopic (exact) mass is 228 g/mol. The molecule has 0 N–H and O–H groups in total. The van der Waals surface area contributed by atoms with Crippen molar-refractivity contribution in [3.05, 3.63) is 23.8 Å². The Bertz CT molecular complexity index is 431. The molecule has 6 unspecified atom stereocenters. The Morgan fingerprint density at radius 2 is 2.00 bits per heavy atom.